The van der Waals surface area contributed by atoms with Crippen molar-refractivity contribution >= 4 is 27.4 Å². The van der Waals surface area contributed by atoms with Gasteiger partial charge in [0.2, 0.25) is 0 Å². The molecule has 3 rings (SSSR count). The first-order valence-electron chi connectivity index (χ1n) is 5.69. The smallest absolute Gasteiger partial charge is 0.152 e. The van der Waals surface area contributed by atoms with Crippen LogP contribution in [0.3, 0.4) is 0 Å². The lowest BCUT2D eigenvalue weighted by atomic mass is 10.3. The summed E-state index contributed by atoms with van der Waals surface area (Å²) < 4.78 is 0. The Labute approximate surface area is 104 Å². The summed E-state index contributed by atoms with van der Waals surface area (Å²) in [5, 5.41) is 3.00. The number of rotatable bonds is 4. The minimum absolute atomic E-state index is 0.715. The summed E-state index contributed by atoms with van der Waals surface area (Å²) >= 11 is 1.62. The first-order chi connectivity index (χ1) is 8.28. The maximum Gasteiger partial charge on any atom is 0.152 e. The van der Waals surface area contributed by atoms with Crippen LogP contribution < -0.4 is 11.3 Å². The largest absolute Gasteiger partial charge is 0.308 e. The molecule has 0 atom stereocenters. The maximum absolute atomic E-state index is 5.50. The summed E-state index contributed by atoms with van der Waals surface area (Å²) in [6.07, 6.45) is 2.58. The first kappa shape index (κ1) is 10.9. The Kier molecular flexibility index (Phi) is 2.70. The average Bonchev–Trinajstić information content (AvgIpc) is 3.07. The van der Waals surface area contributed by atoms with Gasteiger partial charge in [0.05, 0.1) is 11.9 Å². The lowest BCUT2D eigenvalue weighted by Crippen LogP contribution is -2.22. The van der Waals surface area contributed by atoms with E-state index >= 15 is 0 Å². The number of anilines is 1. The maximum atomic E-state index is 5.50. The van der Waals surface area contributed by atoms with Crippen molar-refractivity contribution in [3.63, 3.8) is 0 Å². The fourth-order valence-corrected chi connectivity index (χ4v) is 2.73. The van der Waals surface area contributed by atoms with Gasteiger partial charge in [0.15, 0.2) is 5.82 Å². The Morgan fingerprint density at radius 3 is 3.06 bits per heavy atom. The molecule has 0 saturated heterocycles. The van der Waals surface area contributed by atoms with Crippen molar-refractivity contribution in [1.82, 2.24) is 14.9 Å². The van der Waals surface area contributed by atoms with Crippen LogP contribution in [-0.4, -0.2) is 28.0 Å². The Morgan fingerprint density at radius 1 is 1.53 bits per heavy atom. The van der Waals surface area contributed by atoms with Gasteiger partial charge in [0, 0.05) is 6.04 Å². The van der Waals surface area contributed by atoms with E-state index in [4.69, 9.17) is 5.84 Å². The van der Waals surface area contributed by atoms with Crippen LogP contribution >= 0.6 is 11.3 Å². The molecule has 2 heterocycles. The van der Waals surface area contributed by atoms with E-state index < -0.39 is 0 Å². The second-order valence-corrected chi connectivity index (χ2v) is 5.31. The molecule has 90 valence electrons. The van der Waals surface area contributed by atoms with Crippen LogP contribution in [-0.2, 0) is 6.54 Å². The molecule has 6 heteroatoms. The summed E-state index contributed by atoms with van der Waals surface area (Å²) in [5.41, 5.74) is 2.65. The summed E-state index contributed by atoms with van der Waals surface area (Å²) in [4.78, 5) is 12.3. The molecular formula is C11H15N5S. The zero-order valence-corrected chi connectivity index (χ0v) is 10.5. The summed E-state index contributed by atoms with van der Waals surface area (Å²) in [7, 11) is 2.12. The third-order valence-corrected chi connectivity index (χ3v) is 3.88. The van der Waals surface area contributed by atoms with Gasteiger partial charge < -0.3 is 5.43 Å². The molecule has 0 aliphatic heterocycles. The molecule has 0 amide bonds. The molecule has 0 aromatic carbocycles. The molecular weight excluding hydrogens is 234 g/mol. The van der Waals surface area contributed by atoms with Crippen molar-refractivity contribution in [1.29, 1.82) is 0 Å². The second kappa shape index (κ2) is 4.21. The molecule has 1 aliphatic carbocycles. The highest BCUT2D eigenvalue weighted by molar-refractivity contribution is 7.16. The van der Waals surface area contributed by atoms with Crippen molar-refractivity contribution in [3.8, 4) is 0 Å². The van der Waals surface area contributed by atoms with E-state index in [-0.39, 0.29) is 0 Å². The van der Waals surface area contributed by atoms with Gasteiger partial charge >= 0.3 is 0 Å². The number of fused-ring (bicyclic) bond motifs is 1. The minimum atomic E-state index is 0.715. The molecule has 2 aromatic rings. The third-order valence-electron chi connectivity index (χ3n) is 3.07. The predicted octanol–water partition coefficient (Wildman–Crippen LogP) is 1.57. The SMILES string of the molecule is CN(Cc1nc(NN)c2ccsc2n1)C1CC1. The zero-order chi connectivity index (χ0) is 11.8. The molecule has 3 N–H and O–H groups in total. The van der Waals surface area contributed by atoms with E-state index in [1.54, 1.807) is 11.3 Å². The number of hydrazine groups is 1. The van der Waals surface area contributed by atoms with E-state index in [0.717, 1.165) is 28.4 Å². The average molecular weight is 249 g/mol. The molecule has 5 nitrogen and oxygen atoms in total. The summed E-state index contributed by atoms with van der Waals surface area (Å²) in [6, 6.07) is 2.70. The Balaban J connectivity index is 1.92. The van der Waals surface area contributed by atoms with Crippen LogP contribution in [0.4, 0.5) is 5.82 Å². The van der Waals surface area contributed by atoms with E-state index in [1.165, 1.54) is 12.8 Å². The number of nitrogens with one attached hydrogen (secondary N) is 1. The van der Waals surface area contributed by atoms with Crippen molar-refractivity contribution in [2.24, 2.45) is 5.84 Å². The Hall–Kier alpha value is -1.24. The van der Waals surface area contributed by atoms with Crippen molar-refractivity contribution in [3.05, 3.63) is 17.3 Å². The molecule has 1 saturated carbocycles. The highest BCUT2D eigenvalue weighted by Crippen LogP contribution is 2.28. The number of hydrogen-bond acceptors (Lipinski definition) is 6. The van der Waals surface area contributed by atoms with Crippen molar-refractivity contribution < 1.29 is 0 Å². The Morgan fingerprint density at radius 2 is 2.35 bits per heavy atom. The highest BCUT2D eigenvalue weighted by Gasteiger charge is 2.26. The van der Waals surface area contributed by atoms with Crippen LogP contribution in [0.1, 0.15) is 18.7 Å². The van der Waals surface area contributed by atoms with E-state index in [9.17, 15) is 0 Å². The molecule has 0 spiro atoms. The zero-order valence-electron chi connectivity index (χ0n) is 9.68. The molecule has 0 radical (unpaired) electrons. The van der Waals surface area contributed by atoms with Gasteiger partial charge in [-0.3, -0.25) is 4.90 Å². The van der Waals surface area contributed by atoms with Gasteiger partial charge in [-0.1, -0.05) is 0 Å². The molecule has 0 unspecified atom stereocenters. The normalized spacial score (nSPS) is 15.7. The highest BCUT2D eigenvalue weighted by atomic mass is 32.1. The van der Waals surface area contributed by atoms with Crippen LogP contribution in [0.25, 0.3) is 10.2 Å². The topological polar surface area (TPSA) is 67.1 Å². The fourth-order valence-electron chi connectivity index (χ4n) is 1.95. The molecule has 2 aromatic heterocycles. The number of nitrogens with two attached hydrogens (primary N) is 1. The van der Waals surface area contributed by atoms with Gasteiger partial charge in [-0.2, -0.15) is 0 Å². The van der Waals surface area contributed by atoms with Crippen LogP contribution in [0, 0.1) is 0 Å². The number of nitrogen functional groups attached to an aromatic ring is 1. The lowest BCUT2D eigenvalue weighted by molar-refractivity contribution is 0.308. The van der Waals surface area contributed by atoms with E-state index in [0.29, 0.717) is 6.04 Å². The number of nitrogens with zero attached hydrogens (tertiary/aromatic N) is 3. The first-order valence-corrected chi connectivity index (χ1v) is 6.57. The van der Waals surface area contributed by atoms with Gasteiger partial charge in [0.25, 0.3) is 0 Å². The summed E-state index contributed by atoms with van der Waals surface area (Å²) in [5.74, 6) is 7.05. The number of aromatic nitrogens is 2. The standard InChI is InChI=1S/C11H15N5S/c1-16(7-2-3-7)6-9-13-10(15-12)8-4-5-17-11(8)14-9/h4-5,7H,2-3,6,12H2,1H3,(H,13,14,15). The van der Waals surface area contributed by atoms with Crippen molar-refractivity contribution in [2.45, 2.75) is 25.4 Å². The van der Waals surface area contributed by atoms with Crippen LogP contribution in [0.5, 0.6) is 0 Å². The fraction of sp³-hybridized carbons (Fsp3) is 0.455. The van der Waals surface area contributed by atoms with Crippen LogP contribution in [0.15, 0.2) is 11.4 Å². The molecule has 1 fully saturated rings. The third kappa shape index (κ3) is 2.11. The molecule has 17 heavy (non-hydrogen) atoms. The van der Waals surface area contributed by atoms with Gasteiger partial charge in [-0.15, -0.1) is 11.3 Å². The molecule has 1 aliphatic rings. The monoisotopic (exact) mass is 249 g/mol. The van der Waals surface area contributed by atoms with Gasteiger partial charge in [-0.05, 0) is 31.3 Å². The van der Waals surface area contributed by atoms with E-state index in [2.05, 4.69) is 27.3 Å². The summed E-state index contributed by atoms with van der Waals surface area (Å²) in [6.45, 7) is 0.785. The van der Waals surface area contributed by atoms with Crippen LogP contribution in [0.2, 0.25) is 0 Å². The molecule has 0 bridgehead atoms. The predicted molar refractivity (Wildman–Crippen MR) is 69.7 cm³/mol. The second-order valence-electron chi connectivity index (χ2n) is 4.42. The number of hydrogen-bond donors (Lipinski definition) is 2. The van der Waals surface area contributed by atoms with Crippen molar-refractivity contribution in [2.75, 3.05) is 12.5 Å². The lowest BCUT2D eigenvalue weighted by Gasteiger charge is -2.14. The van der Waals surface area contributed by atoms with E-state index in [1.807, 2.05) is 11.4 Å². The van der Waals surface area contributed by atoms with Gasteiger partial charge in [-0.25, -0.2) is 15.8 Å². The quantitative estimate of drug-likeness (QED) is 0.636. The Bertz CT molecular complexity index is 534. The number of thiophene rings is 1. The minimum Gasteiger partial charge on any atom is -0.308 e. The van der Waals surface area contributed by atoms with Gasteiger partial charge in [0.1, 0.15) is 10.7 Å².